The van der Waals surface area contributed by atoms with Gasteiger partial charge in [0.05, 0.1) is 0 Å². The molecule has 2 aliphatic carbocycles. The van der Waals surface area contributed by atoms with Crippen LogP contribution in [0.15, 0.2) is 0 Å². The summed E-state index contributed by atoms with van der Waals surface area (Å²) < 4.78 is 0. The van der Waals surface area contributed by atoms with E-state index in [4.69, 9.17) is 5.73 Å². The summed E-state index contributed by atoms with van der Waals surface area (Å²) in [6, 6.07) is 0.493. The minimum Gasteiger partial charge on any atom is -0.327 e. The van der Waals surface area contributed by atoms with E-state index >= 15 is 0 Å². The van der Waals surface area contributed by atoms with E-state index in [0.717, 1.165) is 11.8 Å². The predicted octanol–water partition coefficient (Wildman–Crippen LogP) is 2.16. The van der Waals surface area contributed by atoms with Crippen molar-refractivity contribution >= 4 is 0 Å². The molecule has 2 rings (SSSR count). The van der Waals surface area contributed by atoms with Crippen molar-refractivity contribution in [1.82, 2.24) is 0 Å². The molecule has 0 aliphatic heterocycles. The number of hydrogen-bond donors (Lipinski definition) is 1. The second kappa shape index (κ2) is 2.22. The Balaban J connectivity index is 2.09. The summed E-state index contributed by atoms with van der Waals surface area (Å²) in [6.07, 6.45) is 5.70. The summed E-state index contributed by atoms with van der Waals surface area (Å²) in [5.41, 5.74) is 6.56. The van der Waals surface area contributed by atoms with Crippen LogP contribution in [-0.2, 0) is 0 Å². The van der Waals surface area contributed by atoms with Crippen LogP contribution >= 0.6 is 0 Å². The molecule has 0 aromatic carbocycles. The fourth-order valence-corrected chi connectivity index (χ4v) is 3.19. The summed E-state index contributed by atoms with van der Waals surface area (Å²) in [5, 5.41) is 0. The van der Waals surface area contributed by atoms with E-state index in [9.17, 15) is 0 Å². The fourth-order valence-electron chi connectivity index (χ4n) is 3.19. The zero-order valence-corrected chi connectivity index (χ0v) is 7.64. The Morgan fingerprint density at radius 1 is 1.18 bits per heavy atom. The Labute approximate surface area is 69.4 Å². The highest BCUT2D eigenvalue weighted by molar-refractivity contribution is 5.06. The molecular formula is C10H19N. The SMILES string of the molecule is CC1(C)C(N)C2CCCCC21. The van der Waals surface area contributed by atoms with Gasteiger partial charge in [-0.3, -0.25) is 0 Å². The number of hydrogen-bond acceptors (Lipinski definition) is 1. The van der Waals surface area contributed by atoms with Crippen molar-refractivity contribution in [3.63, 3.8) is 0 Å². The Kier molecular flexibility index (Phi) is 1.54. The van der Waals surface area contributed by atoms with Crippen molar-refractivity contribution < 1.29 is 0 Å². The minimum atomic E-state index is 0.449. The largest absolute Gasteiger partial charge is 0.327 e. The Hall–Kier alpha value is -0.0400. The van der Waals surface area contributed by atoms with Crippen LogP contribution in [0.2, 0.25) is 0 Å². The molecule has 2 saturated carbocycles. The lowest BCUT2D eigenvalue weighted by molar-refractivity contribution is -0.0695. The Morgan fingerprint density at radius 2 is 1.82 bits per heavy atom. The monoisotopic (exact) mass is 153 g/mol. The van der Waals surface area contributed by atoms with Gasteiger partial charge in [-0.05, 0) is 30.1 Å². The quantitative estimate of drug-likeness (QED) is 0.567. The lowest BCUT2D eigenvalue weighted by Gasteiger charge is -2.59. The molecular weight excluding hydrogens is 134 g/mol. The van der Waals surface area contributed by atoms with Crippen LogP contribution in [0, 0.1) is 17.3 Å². The highest BCUT2D eigenvalue weighted by atomic mass is 14.8. The summed E-state index contributed by atoms with van der Waals surface area (Å²) in [6.45, 7) is 4.67. The standard InChI is InChI=1S/C10H19N/c1-10(2)8-6-4-3-5-7(8)9(10)11/h7-9H,3-6,11H2,1-2H3. The molecule has 0 heterocycles. The van der Waals surface area contributed by atoms with E-state index in [2.05, 4.69) is 13.8 Å². The van der Waals surface area contributed by atoms with Gasteiger partial charge in [-0.2, -0.15) is 0 Å². The highest BCUT2D eigenvalue weighted by Crippen LogP contribution is 2.55. The molecule has 0 radical (unpaired) electrons. The fraction of sp³-hybridized carbons (Fsp3) is 1.00. The molecule has 3 unspecified atom stereocenters. The van der Waals surface area contributed by atoms with E-state index in [1.807, 2.05) is 0 Å². The van der Waals surface area contributed by atoms with Gasteiger partial charge in [-0.1, -0.05) is 26.7 Å². The zero-order chi connectivity index (χ0) is 8.06. The molecule has 0 amide bonds. The second-order valence-corrected chi connectivity index (χ2v) is 4.90. The lowest BCUT2D eigenvalue weighted by atomic mass is 9.48. The lowest BCUT2D eigenvalue weighted by Crippen LogP contribution is -2.63. The third-order valence-corrected chi connectivity index (χ3v) is 4.10. The first kappa shape index (κ1) is 7.60. The van der Waals surface area contributed by atoms with Gasteiger partial charge in [0.1, 0.15) is 0 Å². The van der Waals surface area contributed by atoms with Crippen LogP contribution in [0.25, 0.3) is 0 Å². The molecule has 2 fully saturated rings. The van der Waals surface area contributed by atoms with Crippen molar-refractivity contribution in [2.45, 2.75) is 45.6 Å². The molecule has 1 nitrogen and oxygen atoms in total. The van der Waals surface area contributed by atoms with E-state index in [1.165, 1.54) is 25.7 Å². The average Bonchev–Trinajstić information content (AvgIpc) is 2.04. The van der Waals surface area contributed by atoms with Gasteiger partial charge in [0.15, 0.2) is 0 Å². The molecule has 1 heteroatoms. The summed E-state index contributed by atoms with van der Waals surface area (Å²) in [4.78, 5) is 0. The van der Waals surface area contributed by atoms with E-state index in [-0.39, 0.29) is 0 Å². The van der Waals surface area contributed by atoms with Gasteiger partial charge in [-0.25, -0.2) is 0 Å². The highest BCUT2D eigenvalue weighted by Gasteiger charge is 2.54. The molecule has 3 atom stereocenters. The van der Waals surface area contributed by atoms with Gasteiger partial charge < -0.3 is 5.73 Å². The molecule has 2 N–H and O–H groups in total. The molecule has 0 bridgehead atoms. The van der Waals surface area contributed by atoms with Crippen molar-refractivity contribution in [1.29, 1.82) is 0 Å². The first-order valence-electron chi connectivity index (χ1n) is 4.89. The number of fused-ring (bicyclic) bond motifs is 1. The molecule has 0 saturated heterocycles. The molecule has 11 heavy (non-hydrogen) atoms. The van der Waals surface area contributed by atoms with Crippen molar-refractivity contribution in [3.8, 4) is 0 Å². The van der Waals surface area contributed by atoms with Crippen molar-refractivity contribution in [2.24, 2.45) is 23.0 Å². The predicted molar refractivity (Wildman–Crippen MR) is 47.2 cm³/mol. The summed E-state index contributed by atoms with van der Waals surface area (Å²) in [7, 11) is 0. The Morgan fingerprint density at radius 3 is 2.45 bits per heavy atom. The topological polar surface area (TPSA) is 26.0 Å². The first-order valence-corrected chi connectivity index (χ1v) is 4.89. The van der Waals surface area contributed by atoms with Crippen molar-refractivity contribution in [3.05, 3.63) is 0 Å². The molecule has 2 aliphatic rings. The van der Waals surface area contributed by atoms with E-state index in [1.54, 1.807) is 0 Å². The van der Waals surface area contributed by atoms with Crippen LogP contribution in [-0.4, -0.2) is 6.04 Å². The first-order chi connectivity index (χ1) is 5.14. The second-order valence-electron chi connectivity index (χ2n) is 4.90. The van der Waals surface area contributed by atoms with Gasteiger partial charge in [-0.15, -0.1) is 0 Å². The molecule has 64 valence electrons. The molecule has 0 aromatic rings. The summed E-state index contributed by atoms with van der Waals surface area (Å²) >= 11 is 0. The van der Waals surface area contributed by atoms with Gasteiger partial charge >= 0.3 is 0 Å². The minimum absolute atomic E-state index is 0.449. The van der Waals surface area contributed by atoms with Crippen molar-refractivity contribution in [2.75, 3.05) is 0 Å². The van der Waals surface area contributed by atoms with E-state index < -0.39 is 0 Å². The van der Waals surface area contributed by atoms with Crippen LogP contribution < -0.4 is 5.73 Å². The number of nitrogens with two attached hydrogens (primary N) is 1. The van der Waals surface area contributed by atoms with Gasteiger partial charge in [0, 0.05) is 6.04 Å². The molecule has 0 spiro atoms. The summed E-state index contributed by atoms with van der Waals surface area (Å²) in [5.74, 6) is 1.82. The molecule has 0 aromatic heterocycles. The van der Waals surface area contributed by atoms with Crippen LogP contribution in [0.1, 0.15) is 39.5 Å². The van der Waals surface area contributed by atoms with Crippen LogP contribution in [0.3, 0.4) is 0 Å². The average molecular weight is 153 g/mol. The smallest absolute Gasteiger partial charge is 0.0124 e. The number of rotatable bonds is 0. The van der Waals surface area contributed by atoms with Crippen LogP contribution in [0.5, 0.6) is 0 Å². The van der Waals surface area contributed by atoms with E-state index in [0.29, 0.717) is 11.5 Å². The maximum absolute atomic E-state index is 6.11. The van der Waals surface area contributed by atoms with Gasteiger partial charge in [0.25, 0.3) is 0 Å². The third-order valence-electron chi connectivity index (χ3n) is 4.10. The maximum atomic E-state index is 6.11. The zero-order valence-electron chi connectivity index (χ0n) is 7.64. The maximum Gasteiger partial charge on any atom is 0.0124 e. The van der Waals surface area contributed by atoms with Gasteiger partial charge in [0.2, 0.25) is 0 Å². The Bertz CT molecular complexity index is 162. The normalized spacial score (nSPS) is 47.7. The third kappa shape index (κ3) is 0.868. The van der Waals surface area contributed by atoms with Crippen LogP contribution in [0.4, 0.5) is 0 Å².